The van der Waals surface area contributed by atoms with Gasteiger partial charge in [0, 0.05) is 19.4 Å². The van der Waals surface area contributed by atoms with Gasteiger partial charge in [-0.25, -0.2) is 4.39 Å². The summed E-state index contributed by atoms with van der Waals surface area (Å²) >= 11 is 0. The summed E-state index contributed by atoms with van der Waals surface area (Å²) in [6.45, 7) is 8.99. The van der Waals surface area contributed by atoms with Crippen LogP contribution in [0.1, 0.15) is 35.7 Å². The van der Waals surface area contributed by atoms with E-state index in [1.807, 2.05) is 24.3 Å². The molecule has 29 heavy (non-hydrogen) atoms. The highest BCUT2D eigenvalue weighted by Crippen LogP contribution is 2.31. The SMILES string of the molecule is C=CCC(O)(CC=C)c1ccc(CN(Cc2cccc(F)c2)Cc2ccco2)o1. The van der Waals surface area contributed by atoms with Crippen molar-refractivity contribution in [2.45, 2.75) is 38.1 Å². The van der Waals surface area contributed by atoms with Crippen molar-refractivity contribution >= 4 is 0 Å². The fraction of sp³-hybridized carbons (Fsp3) is 0.250. The predicted molar refractivity (Wildman–Crippen MR) is 110 cm³/mol. The summed E-state index contributed by atoms with van der Waals surface area (Å²) in [6.07, 6.45) is 5.69. The Labute approximate surface area is 170 Å². The number of furan rings is 2. The van der Waals surface area contributed by atoms with E-state index in [0.717, 1.165) is 11.3 Å². The molecule has 0 saturated heterocycles. The molecule has 3 aromatic rings. The van der Waals surface area contributed by atoms with Crippen molar-refractivity contribution in [3.8, 4) is 0 Å². The fourth-order valence-electron chi connectivity index (χ4n) is 3.38. The standard InChI is InChI=1S/C24H26FNO3/c1-3-12-24(27,13-4-2)23-11-10-22(29-23)18-26(17-21-9-6-14-28-21)16-19-7-5-8-20(25)15-19/h3-11,14-15,27H,1-2,12-13,16-18H2. The van der Waals surface area contributed by atoms with Gasteiger partial charge in [0.15, 0.2) is 0 Å². The Bertz CT molecular complexity index is 919. The maximum Gasteiger partial charge on any atom is 0.136 e. The van der Waals surface area contributed by atoms with Gasteiger partial charge in [-0.1, -0.05) is 24.3 Å². The number of hydrogen-bond donors (Lipinski definition) is 1. The first-order valence-corrected chi connectivity index (χ1v) is 9.55. The second-order valence-electron chi connectivity index (χ2n) is 7.14. The van der Waals surface area contributed by atoms with Crippen molar-refractivity contribution < 1.29 is 18.3 Å². The molecule has 4 nitrogen and oxygen atoms in total. The highest BCUT2D eigenvalue weighted by atomic mass is 19.1. The highest BCUT2D eigenvalue weighted by molar-refractivity contribution is 5.18. The lowest BCUT2D eigenvalue weighted by atomic mass is 9.93. The smallest absolute Gasteiger partial charge is 0.136 e. The molecule has 1 aromatic carbocycles. The fourth-order valence-corrected chi connectivity index (χ4v) is 3.38. The molecule has 0 unspecified atom stereocenters. The lowest BCUT2D eigenvalue weighted by molar-refractivity contribution is 0.0185. The molecule has 2 heterocycles. The number of nitrogens with zero attached hydrogens (tertiary/aromatic N) is 1. The molecule has 0 atom stereocenters. The maximum absolute atomic E-state index is 13.6. The van der Waals surface area contributed by atoms with Crippen LogP contribution in [0, 0.1) is 5.82 Å². The molecule has 0 bridgehead atoms. The summed E-state index contributed by atoms with van der Waals surface area (Å²) in [5, 5.41) is 10.9. The second kappa shape index (κ2) is 9.54. The van der Waals surface area contributed by atoms with E-state index < -0.39 is 5.60 Å². The summed E-state index contributed by atoms with van der Waals surface area (Å²) in [5.74, 6) is 1.73. The minimum Gasteiger partial charge on any atom is -0.468 e. The third-order valence-electron chi connectivity index (χ3n) is 4.72. The number of rotatable bonds is 11. The predicted octanol–water partition coefficient (Wildman–Crippen LogP) is 5.55. The number of aliphatic hydroxyl groups is 1. The Balaban J connectivity index is 1.79. The average Bonchev–Trinajstić information content (AvgIpc) is 3.34. The van der Waals surface area contributed by atoms with Crippen molar-refractivity contribution in [2.75, 3.05) is 0 Å². The first kappa shape index (κ1) is 20.8. The monoisotopic (exact) mass is 395 g/mol. The molecule has 1 N–H and O–H groups in total. The van der Waals surface area contributed by atoms with Gasteiger partial charge >= 0.3 is 0 Å². The summed E-state index contributed by atoms with van der Waals surface area (Å²) in [4.78, 5) is 2.09. The van der Waals surface area contributed by atoms with Crippen LogP contribution >= 0.6 is 0 Å². The number of hydrogen-bond acceptors (Lipinski definition) is 4. The van der Waals surface area contributed by atoms with Gasteiger partial charge < -0.3 is 13.9 Å². The van der Waals surface area contributed by atoms with E-state index in [1.165, 1.54) is 12.1 Å². The van der Waals surface area contributed by atoms with Crippen molar-refractivity contribution in [3.63, 3.8) is 0 Å². The van der Waals surface area contributed by atoms with Crippen molar-refractivity contribution in [3.05, 3.63) is 109 Å². The van der Waals surface area contributed by atoms with Gasteiger partial charge in [-0.05, 0) is 42.0 Å². The molecule has 3 rings (SSSR count). The van der Waals surface area contributed by atoms with Crippen LogP contribution in [0.5, 0.6) is 0 Å². The average molecular weight is 395 g/mol. The summed E-state index contributed by atoms with van der Waals surface area (Å²) in [5.41, 5.74) is -0.297. The lowest BCUT2D eigenvalue weighted by Crippen LogP contribution is -2.24. The van der Waals surface area contributed by atoms with Crippen LogP contribution < -0.4 is 0 Å². The minimum atomic E-state index is -1.16. The van der Waals surface area contributed by atoms with E-state index in [1.54, 1.807) is 30.5 Å². The molecule has 152 valence electrons. The largest absolute Gasteiger partial charge is 0.468 e. The Kier molecular flexibility index (Phi) is 6.86. The van der Waals surface area contributed by atoms with Gasteiger partial charge in [0.25, 0.3) is 0 Å². The van der Waals surface area contributed by atoms with Crippen LogP contribution in [0.25, 0.3) is 0 Å². The molecule has 0 radical (unpaired) electrons. The van der Waals surface area contributed by atoms with E-state index in [0.29, 0.717) is 44.0 Å². The Hall–Kier alpha value is -2.89. The third-order valence-corrected chi connectivity index (χ3v) is 4.72. The summed E-state index contributed by atoms with van der Waals surface area (Å²) in [6, 6.07) is 13.9. The first-order valence-electron chi connectivity index (χ1n) is 9.55. The molecule has 0 aliphatic heterocycles. The van der Waals surface area contributed by atoms with Crippen LogP contribution in [0.4, 0.5) is 4.39 Å². The van der Waals surface area contributed by atoms with Crippen molar-refractivity contribution in [2.24, 2.45) is 0 Å². The molecule has 0 spiro atoms. The van der Waals surface area contributed by atoms with E-state index in [4.69, 9.17) is 8.83 Å². The molecule has 0 aliphatic rings. The molecule has 0 aliphatic carbocycles. The normalized spacial score (nSPS) is 11.7. The number of halogens is 1. The van der Waals surface area contributed by atoms with Crippen molar-refractivity contribution in [1.29, 1.82) is 0 Å². The van der Waals surface area contributed by atoms with Crippen LogP contribution in [0.3, 0.4) is 0 Å². The van der Waals surface area contributed by atoms with E-state index >= 15 is 0 Å². The molecule has 0 amide bonds. The van der Waals surface area contributed by atoms with Crippen LogP contribution in [-0.2, 0) is 25.2 Å². The highest BCUT2D eigenvalue weighted by Gasteiger charge is 2.30. The van der Waals surface area contributed by atoms with E-state index in [9.17, 15) is 9.50 Å². The third kappa shape index (κ3) is 5.56. The van der Waals surface area contributed by atoms with Crippen LogP contribution in [0.15, 0.2) is 88.9 Å². The zero-order valence-corrected chi connectivity index (χ0v) is 16.4. The Morgan fingerprint density at radius 1 is 0.966 bits per heavy atom. The molecule has 0 saturated carbocycles. The number of benzene rings is 1. The minimum absolute atomic E-state index is 0.264. The quantitative estimate of drug-likeness (QED) is 0.432. The maximum atomic E-state index is 13.6. The molecular formula is C24H26FNO3. The molecule has 0 fully saturated rings. The van der Waals surface area contributed by atoms with Gasteiger partial charge in [0.1, 0.15) is 28.7 Å². The van der Waals surface area contributed by atoms with E-state index in [2.05, 4.69) is 18.1 Å². The van der Waals surface area contributed by atoms with Crippen LogP contribution in [0.2, 0.25) is 0 Å². The zero-order chi connectivity index (χ0) is 20.7. The van der Waals surface area contributed by atoms with Gasteiger partial charge in [0.05, 0.1) is 19.4 Å². The Morgan fingerprint density at radius 2 is 1.72 bits per heavy atom. The molecule has 2 aromatic heterocycles. The topological polar surface area (TPSA) is 49.8 Å². The zero-order valence-electron chi connectivity index (χ0n) is 16.4. The van der Waals surface area contributed by atoms with Crippen molar-refractivity contribution in [1.82, 2.24) is 4.90 Å². The summed E-state index contributed by atoms with van der Waals surface area (Å²) < 4.78 is 25.1. The molecular weight excluding hydrogens is 369 g/mol. The van der Waals surface area contributed by atoms with Gasteiger partial charge in [-0.15, -0.1) is 13.2 Å². The van der Waals surface area contributed by atoms with Gasteiger partial charge in [0.2, 0.25) is 0 Å². The summed E-state index contributed by atoms with van der Waals surface area (Å²) in [7, 11) is 0. The van der Waals surface area contributed by atoms with Crippen LogP contribution in [-0.4, -0.2) is 10.0 Å². The first-order chi connectivity index (χ1) is 14.0. The lowest BCUT2D eigenvalue weighted by Gasteiger charge is -2.23. The Morgan fingerprint density at radius 3 is 2.38 bits per heavy atom. The molecule has 5 heteroatoms. The van der Waals surface area contributed by atoms with Gasteiger partial charge in [-0.3, -0.25) is 4.90 Å². The second-order valence-corrected chi connectivity index (χ2v) is 7.14. The van der Waals surface area contributed by atoms with E-state index in [-0.39, 0.29) is 5.82 Å². The van der Waals surface area contributed by atoms with Gasteiger partial charge in [-0.2, -0.15) is 0 Å².